The number of anilines is 1. The largest absolute Gasteiger partial charge is 0.478 e. The number of likely N-dealkylation sites (N-methyl/N-ethyl adjacent to an activating group) is 1. The fourth-order valence-corrected chi connectivity index (χ4v) is 3.60. The highest BCUT2D eigenvalue weighted by Crippen LogP contribution is 2.21. The van der Waals surface area contributed by atoms with Gasteiger partial charge in [0.2, 0.25) is 0 Å². The Morgan fingerprint density at radius 2 is 1.68 bits per heavy atom. The number of benzene rings is 2. The van der Waals surface area contributed by atoms with Crippen LogP contribution in [0.2, 0.25) is 0 Å². The zero-order chi connectivity index (χ0) is 22.4. The number of hydrogen-bond acceptors (Lipinski definition) is 5. The molecule has 0 aromatic heterocycles. The number of piperazine rings is 1. The van der Waals surface area contributed by atoms with Crippen LogP contribution in [0.5, 0.6) is 0 Å². The fourth-order valence-electron chi connectivity index (χ4n) is 3.60. The molecule has 0 saturated carbocycles. The van der Waals surface area contributed by atoms with E-state index in [9.17, 15) is 14.4 Å². The molecule has 1 atom stereocenters. The summed E-state index contributed by atoms with van der Waals surface area (Å²) in [5.41, 5.74) is 2.10. The maximum absolute atomic E-state index is 12.5. The van der Waals surface area contributed by atoms with Gasteiger partial charge in [0.25, 0.3) is 0 Å². The third-order valence-electron chi connectivity index (χ3n) is 5.56. The Morgan fingerprint density at radius 3 is 2.32 bits per heavy atom. The van der Waals surface area contributed by atoms with Crippen molar-refractivity contribution in [1.82, 2.24) is 15.1 Å². The number of nitrogens with one attached hydrogen (secondary N) is 2. The van der Waals surface area contributed by atoms with Crippen LogP contribution in [0, 0.1) is 6.92 Å². The van der Waals surface area contributed by atoms with Crippen LogP contribution in [0.4, 0.5) is 5.69 Å². The van der Waals surface area contributed by atoms with Gasteiger partial charge in [-0.1, -0.05) is 36.4 Å². The van der Waals surface area contributed by atoms with Crippen molar-refractivity contribution in [2.45, 2.75) is 13.0 Å². The van der Waals surface area contributed by atoms with Gasteiger partial charge in [0.1, 0.15) is 0 Å². The molecule has 1 fully saturated rings. The van der Waals surface area contributed by atoms with Gasteiger partial charge in [-0.05, 0) is 37.2 Å². The van der Waals surface area contributed by atoms with E-state index in [4.69, 9.17) is 5.11 Å². The van der Waals surface area contributed by atoms with E-state index in [1.807, 2.05) is 30.3 Å². The van der Waals surface area contributed by atoms with E-state index < -0.39 is 17.8 Å². The molecule has 8 heteroatoms. The second-order valence-corrected chi connectivity index (χ2v) is 7.76. The predicted octanol–water partition coefficient (Wildman–Crippen LogP) is 1.74. The first-order valence-corrected chi connectivity index (χ1v) is 10.3. The molecule has 0 radical (unpaired) electrons. The normalized spacial score (nSPS) is 15.8. The minimum Gasteiger partial charge on any atom is -0.478 e. The fraction of sp³-hybridized carbons (Fsp3) is 0.348. The number of hydrogen-bond donors (Lipinski definition) is 3. The van der Waals surface area contributed by atoms with Gasteiger partial charge in [-0.25, -0.2) is 4.79 Å². The predicted molar refractivity (Wildman–Crippen MR) is 118 cm³/mol. The Kier molecular flexibility index (Phi) is 7.38. The average molecular weight is 425 g/mol. The van der Waals surface area contributed by atoms with Crippen LogP contribution in [-0.2, 0) is 9.59 Å². The molecular formula is C23H28N4O4. The summed E-state index contributed by atoms with van der Waals surface area (Å²) in [5, 5.41) is 14.4. The third-order valence-corrected chi connectivity index (χ3v) is 5.56. The van der Waals surface area contributed by atoms with Crippen LogP contribution in [0.25, 0.3) is 0 Å². The van der Waals surface area contributed by atoms with E-state index in [0.717, 1.165) is 31.7 Å². The van der Waals surface area contributed by atoms with Crippen molar-refractivity contribution in [2.24, 2.45) is 0 Å². The summed E-state index contributed by atoms with van der Waals surface area (Å²) in [7, 11) is 2.09. The van der Waals surface area contributed by atoms with E-state index in [1.165, 1.54) is 12.1 Å². The van der Waals surface area contributed by atoms with Gasteiger partial charge in [-0.15, -0.1) is 0 Å². The zero-order valence-corrected chi connectivity index (χ0v) is 17.8. The van der Waals surface area contributed by atoms with E-state index in [0.29, 0.717) is 17.8 Å². The minimum absolute atomic E-state index is 0.0382. The highest BCUT2D eigenvalue weighted by molar-refractivity contribution is 6.39. The molecule has 0 bridgehead atoms. The Bertz CT molecular complexity index is 940. The van der Waals surface area contributed by atoms with E-state index in [1.54, 1.807) is 13.0 Å². The van der Waals surface area contributed by atoms with Crippen molar-refractivity contribution in [3.8, 4) is 0 Å². The number of amides is 2. The molecule has 0 spiro atoms. The lowest BCUT2D eigenvalue weighted by atomic mass is 10.0. The van der Waals surface area contributed by atoms with Crippen LogP contribution in [0.1, 0.15) is 27.5 Å². The van der Waals surface area contributed by atoms with Gasteiger partial charge < -0.3 is 20.6 Å². The maximum Gasteiger partial charge on any atom is 0.335 e. The highest BCUT2D eigenvalue weighted by atomic mass is 16.4. The van der Waals surface area contributed by atoms with Gasteiger partial charge in [0, 0.05) is 38.4 Å². The molecule has 1 saturated heterocycles. The molecule has 0 aliphatic carbocycles. The number of rotatable bonds is 6. The zero-order valence-electron chi connectivity index (χ0n) is 17.8. The Balaban J connectivity index is 1.66. The summed E-state index contributed by atoms with van der Waals surface area (Å²) in [5.74, 6) is -2.68. The van der Waals surface area contributed by atoms with Gasteiger partial charge in [0.15, 0.2) is 0 Å². The quantitative estimate of drug-likeness (QED) is 0.611. The number of aromatic carboxylic acids is 1. The number of aryl methyl sites for hydroxylation is 1. The molecule has 1 aliphatic rings. The van der Waals surface area contributed by atoms with Crippen LogP contribution in [-0.4, -0.2) is 72.5 Å². The van der Waals surface area contributed by atoms with Crippen LogP contribution < -0.4 is 10.6 Å². The summed E-state index contributed by atoms with van der Waals surface area (Å²) in [6, 6.07) is 14.3. The number of carbonyl (C=O) groups excluding carboxylic acids is 2. The molecule has 3 N–H and O–H groups in total. The molecule has 1 aliphatic heterocycles. The molecule has 8 nitrogen and oxygen atoms in total. The van der Waals surface area contributed by atoms with Gasteiger partial charge >= 0.3 is 17.8 Å². The first-order valence-electron chi connectivity index (χ1n) is 10.3. The summed E-state index contributed by atoms with van der Waals surface area (Å²) >= 11 is 0. The van der Waals surface area contributed by atoms with Crippen molar-refractivity contribution >= 4 is 23.5 Å². The SMILES string of the molecule is Cc1ccc(C(=O)O)cc1NC(=O)C(=O)NC[C@@H](c1ccccc1)N1CCN(C)CC1. The van der Waals surface area contributed by atoms with E-state index >= 15 is 0 Å². The molecule has 2 amide bonds. The van der Waals surface area contributed by atoms with Crippen molar-refractivity contribution < 1.29 is 19.5 Å². The molecular weight excluding hydrogens is 396 g/mol. The first kappa shape index (κ1) is 22.5. The maximum atomic E-state index is 12.5. The molecule has 31 heavy (non-hydrogen) atoms. The Hall–Kier alpha value is -3.23. The lowest BCUT2D eigenvalue weighted by Gasteiger charge is -2.38. The summed E-state index contributed by atoms with van der Waals surface area (Å²) in [4.78, 5) is 40.6. The number of carbonyl (C=O) groups is 3. The molecule has 3 rings (SSSR count). The van der Waals surface area contributed by atoms with E-state index in [-0.39, 0.29) is 11.6 Å². The third kappa shape index (κ3) is 5.90. The second-order valence-electron chi connectivity index (χ2n) is 7.76. The summed E-state index contributed by atoms with van der Waals surface area (Å²) in [6.45, 7) is 5.67. The van der Waals surface area contributed by atoms with Gasteiger partial charge in [-0.3, -0.25) is 14.5 Å². The number of carboxylic acids is 1. The van der Waals surface area contributed by atoms with Crippen LogP contribution in [0.15, 0.2) is 48.5 Å². The Morgan fingerprint density at radius 1 is 1.00 bits per heavy atom. The van der Waals surface area contributed by atoms with Crippen molar-refractivity contribution in [1.29, 1.82) is 0 Å². The topological polar surface area (TPSA) is 102 Å². The molecule has 1 heterocycles. The first-order chi connectivity index (χ1) is 14.8. The lowest BCUT2D eigenvalue weighted by Crippen LogP contribution is -2.49. The van der Waals surface area contributed by atoms with Crippen LogP contribution in [0.3, 0.4) is 0 Å². The lowest BCUT2D eigenvalue weighted by molar-refractivity contribution is -0.136. The standard InChI is InChI=1S/C23H28N4O4/c1-16-8-9-18(23(30)31)14-19(16)25-22(29)21(28)24-15-20(17-6-4-3-5-7-17)27-12-10-26(2)11-13-27/h3-9,14,20H,10-13,15H2,1-2H3,(H,24,28)(H,25,29)(H,30,31)/t20-/m0/s1. The molecule has 164 valence electrons. The van der Waals surface area contributed by atoms with Gasteiger partial charge in [0.05, 0.1) is 11.6 Å². The smallest absolute Gasteiger partial charge is 0.335 e. The molecule has 2 aromatic carbocycles. The van der Waals surface area contributed by atoms with E-state index in [2.05, 4.69) is 27.5 Å². The molecule has 2 aromatic rings. The van der Waals surface area contributed by atoms with Crippen LogP contribution >= 0.6 is 0 Å². The van der Waals surface area contributed by atoms with Crippen molar-refractivity contribution in [2.75, 3.05) is 45.1 Å². The van der Waals surface area contributed by atoms with Gasteiger partial charge in [-0.2, -0.15) is 0 Å². The number of carboxylic acid groups (broad SMARTS) is 1. The highest BCUT2D eigenvalue weighted by Gasteiger charge is 2.25. The van der Waals surface area contributed by atoms with Crippen molar-refractivity contribution in [3.63, 3.8) is 0 Å². The molecule has 0 unspecified atom stereocenters. The van der Waals surface area contributed by atoms with Crippen molar-refractivity contribution in [3.05, 3.63) is 65.2 Å². The number of nitrogens with zero attached hydrogens (tertiary/aromatic N) is 2. The minimum atomic E-state index is -1.10. The average Bonchev–Trinajstić information content (AvgIpc) is 2.77. The summed E-state index contributed by atoms with van der Waals surface area (Å²) < 4.78 is 0. The second kappa shape index (κ2) is 10.2. The monoisotopic (exact) mass is 424 g/mol. The summed E-state index contributed by atoms with van der Waals surface area (Å²) in [6.07, 6.45) is 0. The Labute approximate surface area is 181 Å².